The minimum absolute atomic E-state index is 0.112. The maximum Gasteiger partial charge on any atom is 0.317 e. The quantitative estimate of drug-likeness (QED) is 0.807. The average Bonchev–Trinajstić information content (AvgIpc) is 2.55. The Morgan fingerprint density at radius 3 is 2.50 bits per heavy atom. The molecule has 2 aromatic rings. The molecule has 0 spiro atoms. The predicted octanol–water partition coefficient (Wildman–Crippen LogP) is 2.84. The molecule has 0 aromatic heterocycles. The van der Waals surface area contributed by atoms with Gasteiger partial charge in [0.15, 0.2) is 6.73 Å². The van der Waals surface area contributed by atoms with E-state index in [-0.39, 0.29) is 12.8 Å². The Kier molecular flexibility index (Phi) is 5.65. The van der Waals surface area contributed by atoms with Crippen molar-refractivity contribution >= 4 is 6.03 Å². The van der Waals surface area contributed by atoms with Crippen LogP contribution >= 0.6 is 0 Å². The number of amides is 2. The maximum atomic E-state index is 11.7. The number of methoxy groups -OCH3 is 1. The summed E-state index contributed by atoms with van der Waals surface area (Å²) in [5.74, 6) is 1.47. The Labute approximate surface area is 130 Å². The summed E-state index contributed by atoms with van der Waals surface area (Å²) in [4.78, 5) is 11.7. The number of hydrogen-bond donors (Lipinski definition) is 2. The van der Waals surface area contributed by atoms with Gasteiger partial charge in [0.05, 0.1) is 7.11 Å². The van der Waals surface area contributed by atoms with E-state index in [0.29, 0.717) is 6.54 Å². The summed E-state index contributed by atoms with van der Waals surface area (Å²) in [6.45, 7) is 2.51. The molecule has 0 unspecified atom stereocenters. The van der Waals surface area contributed by atoms with Gasteiger partial charge in [0.1, 0.15) is 11.5 Å². The molecule has 0 radical (unpaired) electrons. The van der Waals surface area contributed by atoms with E-state index in [1.54, 1.807) is 7.11 Å². The van der Waals surface area contributed by atoms with E-state index in [1.165, 1.54) is 0 Å². The number of ether oxygens (including phenoxy) is 2. The van der Waals surface area contributed by atoms with Gasteiger partial charge in [-0.2, -0.15) is 0 Å². The lowest BCUT2D eigenvalue weighted by Crippen LogP contribution is -2.37. The van der Waals surface area contributed by atoms with Crippen LogP contribution in [0.3, 0.4) is 0 Å². The van der Waals surface area contributed by atoms with E-state index in [9.17, 15) is 4.79 Å². The van der Waals surface area contributed by atoms with Gasteiger partial charge in [-0.1, -0.05) is 35.9 Å². The summed E-state index contributed by atoms with van der Waals surface area (Å²) >= 11 is 0. The van der Waals surface area contributed by atoms with Crippen LogP contribution in [0.2, 0.25) is 0 Å². The number of nitrogens with one attached hydrogen (secondary N) is 2. The minimum atomic E-state index is -0.294. The van der Waals surface area contributed by atoms with E-state index >= 15 is 0 Å². The third kappa shape index (κ3) is 4.70. The second kappa shape index (κ2) is 7.93. The van der Waals surface area contributed by atoms with Crippen LogP contribution in [0.15, 0.2) is 48.5 Å². The summed E-state index contributed by atoms with van der Waals surface area (Å²) in [5.41, 5.74) is 2.08. The van der Waals surface area contributed by atoms with Gasteiger partial charge in [0.2, 0.25) is 0 Å². The molecule has 0 aliphatic carbocycles. The van der Waals surface area contributed by atoms with E-state index < -0.39 is 0 Å². The highest BCUT2D eigenvalue weighted by Crippen LogP contribution is 2.16. The smallest absolute Gasteiger partial charge is 0.317 e. The lowest BCUT2D eigenvalue weighted by molar-refractivity contribution is 0.223. The fraction of sp³-hybridized carbons (Fsp3) is 0.235. The van der Waals surface area contributed by atoms with Gasteiger partial charge >= 0.3 is 6.03 Å². The van der Waals surface area contributed by atoms with Crippen molar-refractivity contribution in [1.82, 2.24) is 10.6 Å². The summed E-state index contributed by atoms with van der Waals surface area (Å²) in [5, 5.41) is 5.40. The first-order chi connectivity index (χ1) is 10.7. The zero-order valence-corrected chi connectivity index (χ0v) is 12.8. The highest BCUT2D eigenvalue weighted by atomic mass is 16.5. The number of carbonyl (C=O) groups is 1. The van der Waals surface area contributed by atoms with Gasteiger partial charge in [-0.15, -0.1) is 0 Å². The number of para-hydroxylation sites is 1. The topological polar surface area (TPSA) is 59.6 Å². The number of rotatable bonds is 6. The second-order valence-electron chi connectivity index (χ2n) is 4.77. The molecular formula is C17H20N2O3. The van der Waals surface area contributed by atoms with Crippen molar-refractivity contribution in [3.63, 3.8) is 0 Å². The van der Waals surface area contributed by atoms with Crippen LogP contribution in [0.5, 0.6) is 11.5 Å². The number of carbonyl (C=O) groups excluding carboxylic acids is 1. The fourth-order valence-corrected chi connectivity index (χ4v) is 1.91. The zero-order chi connectivity index (χ0) is 15.8. The van der Waals surface area contributed by atoms with Gasteiger partial charge in [-0.3, -0.25) is 0 Å². The van der Waals surface area contributed by atoms with Crippen LogP contribution < -0.4 is 20.1 Å². The lowest BCUT2D eigenvalue weighted by Gasteiger charge is -2.11. The Morgan fingerprint density at radius 2 is 1.77 bits per heavy atom. The maximum absolute atomic E-state index is 11.7. The summed E-state index contributed by atoms with van der Waals surface area (Å²) < 4.78 is 10.7. The zero-order valence-electron chi connectivity index (χ0n) is 12.8. The van der Waals surface area contributed by atoms with Crippen LogP contribution in [-0.2, 0) is 6.54 Å². The molecule has 0 aliphatic heterocycles. The van der Waals surface area contributed by atoms with Crippen molar-refractivity contribution < 1.29 is 14.3 Å². The van der Waals surface area contributed by atoms with Crippen LogP contribution in [0.4, 0.5) is 4.79 Å². The SMILES string of the molecule is COc1ccccc1CNC(=O)NCOc1ccc(C)cc1. The number of urea groups is 1. The molecule has 2 aromatic carbocycles. The molecular weight excluding hydrogens is 280 g/mol. The van der Waals surface area contributed by atoms with E-state index in [2.05, 4.69) is 10.6 Å². The van der Waals surface area contributed by atoms with E-state index in [4.69, 9.17) is 9.47 Å². The molecule has 22 heavy (non-hydrogen) atoms. The Hall–Kier alpha value is -2.69. The summed E-state index contributed by atoms with van der Waals surface area (Å²) in [7, 11) is 1.61. The van der Waals surface area contributed by atoms with Gasteiger partial charge in [-0.05, 0) is 25.1 Å². The molecule has 0 saturated heterocycles. The van der Waals surface area contributed by atoms with Crippen molar-refractivity contribution in [2.45, 2.75) is 13.5 Å². The van der Waals surface area contributed by atoms with Gasteiger partial charge < -0.3 is 20.1 Å². The van der Waals surface area contributed by atoms with E-state index in [0.717, 1.165) is 22.6 Å². The third-order valence-corrected chi connectivity index (χ3v) is 3.12. The molecule has 2 N–H and O–H groups in total. The molecule has 0 bridgehead atoms. The van der Waals surface area contributed by atoms with Crippen LogP contribution in [0.1, 0.15) is 11.1 Å². The molecule has 2 rings (SSSR count). The van der Waals surface area contributed by atoms with Crippen molar-refractivity contribution in [2.24, 2.45) is 0 Å². The largest absolute Gasteiger partial charge is 0.496 e. The molecule has 0 atom stereocenters. The number of hydrogen-bond acceptors (Lipinski definition) is 3. The second-order valence-corrected chi connectivity index (χ2v) is 4.77. The third-order valence-electron chi connectivity index (χ3n) is 3.12. The normalized spacial score (nSPS) is 9.91. The lowest BCUT2D eigenvalue weighted by atomic mass is 10.2. The van der Waals surface area contributed by atoms with Crippen molar-refractivity contribution in [1.29, 1.82) is 0 Å². The first kappa shape index (κ1) is 15.7. The van der Waals surface area contributed by atoms with Gasteiger partial charge in [0, 0.05) is 12.1 Å². The minimum Gasteiger partial charge on any atom is -0.496 e. The van der Waals surface area contributed by atoms with Crippen molar-refractivity contribution in [2.75, 3.05) is 13.8 Å². The molecule has 116 valence electrons. The standard InChI is InChI=1S/C17H20N2O3/c1-13-7-9-15(10-8-13)22-12-19-17(20)18-11-14-5-3-4-6-16(14)21-2/h3-10H,11-12H2,1-2H3,(H2,18,19,20). The summed E-state index contributed by atoms with van der Waals surface area (Å²) in [6.07, 6.45) is 0. The Bertz CT molecular complexity index is 612. The number of aryl methyl sites for hydroxylation is 1. The molecule has 0 aliphatic rings. The van der Waals surface area contributed by atoms with Crippen molar-refractivity contribution in [3.8, 4) is 11.5 Å². The highest BCUT2D eigenvalue weighted by Gasteiger charge is 2.04. The fourth-order valence-electron chi connectivity index (χ4n) is 1.91. The van der Waals surface area contributed by atoms with Crippen LogP contribution in [0, 0.1) is 6.92 Å². The first-order valence-corrected chi connectivity index (χ1v) is 7.02. The molecule has 5 heteroatoms. The van der Waals surface area contributed by atoms with Gasteiger partial charge in [-0.25, -0.2) is 4.79 Å². The number of benzene rings is 2. The van der Waals surface area contributed by atoms with Crippen LogP contribution in [-0.4, -0.2) is 19.9 Å². The predicted molar refractivity (Wildman–Crippen MR) is 85.0 cm³/mol. The monoisotopic (exact) mass is 300 g/mol. The molecule has 0 heterocycles. The van der Waals surface area contributed by atoms with Crippen molar-refractivity contribution in [3.05, 3.63) is 59.7 Å². The molecule has 0 fully saturated rings. The Morgan fingerprint density at radius 1 is 1.05 bits per heavy atom. The average molecular weight is 300 g/mol. The molecule has 2 amide bonds. The summed E-state index contributed by atoms with van der Waals surface area (Å²) in [6, 6.07) is 14.9. The first-order valence-electron chi connectivity index (χ1n) is 7.02. The molecule has 0 saturated carbocycles. The van der Waals surface area contributed by atoms with E-state index in [1.807, 2.05) is 55.5 Å². The molecule has 5 nitrogen and oxygen atoms in total. The van der Waals surface area contributed by atoms with Gasteiger partial charge in [0.25, 0.3) is 0 Å². The van der Waals surface area contributed by atoms with Crippen LogP contribution in [0.25, 0.3) is 0 Å². The Balaban J connectivity index is 1.73. The highest BCUT2D eigenvalue weighted by molar-refractivity contribution is 5.73.